The summed E-state index contributed by atoms with van der Waals surface area (Å²) in [6.07, 6.45) is 0. The van der Waals surface area contributed by atoms with Gasteiger partial charge in [0.2, 0.25) is 0 Å². The van der Waals surface area contributed by atoms with Gasteiger partial charge in [0.15, 0.2) is 5.78 Å². The second kappa shape index (κ2) is 13.7. The Balaban J connectivity index is 2.78. The highest BCUT2D eigenvalue weighted by atomic mass is 16.6. The molecule has 11 heteroatoms. The minimum atomic E-state index is -1.81. The lowest BCUT2D eigenvalue weighted by Crippen LogP contribution is -2.26. The highest BCUT2D eigenvalue weighted by Gasteiger charge is 2.36. The van der Waals surface area contributed by atoms with Crippen molar-refractivity contribution in [1.82, 2.24) is 0 Å². The topological polar surface area (TPSA) is 163 Å². The molecule has 0 amide bonds. The Morgan fingerprint density at radius 1 is 0.667 bits per heavy atom. The molecule has 0 saturated carbocycles. The van der Waals surface area contributed by atoms with Gasteiger partial charge in [-0.3, -0.25) is 4.79 Å². The molecule has 0 bridgehead atoms. The predicted molar refractivity (Wildman–Crippen MR) is 124 cm³/mol. The molecule has 0 aliphatic heterocycles. The zero-order valence-corrected chi connectivity index (χ0v) is 19.8. The van der Waals surface area contributed by atoms with E-state index in [1.54, 1.807) is 32.0 Å². The number of hydrogen-bond acceptors (Lipinski definition) is 9. The summed E-state index contributed by atoms with van der Waals surface area (Å²) >= 11 is 0. The Labute approximate surface area is 206 Å². The van der Waals surface area contributed by atoms with Gasteiger partial charge < -0.3 is 29.2 Å². The molecule has 2 aromatic rings. The second-order valence-electron chi connectivity index (χ2n) is 7.07. The van der Waals surface area contributed by atoms with Crippen molar-refractivity contribution in [2.75, 3.05) is 39.6 Å². The van der Waals surface area contributed by atoms with Crippen LogP contribution in [0, 0.1) is 0 Å². The Morgan fingerprint density at radius 2 is 1.19 bits per heavy atom. The summed E-state index contributed by atoms with van der Waals surface area (Å²) < 4.78 is 20.4. The van der Waals surface area contributed by atoms with Crippen LogP contribution >= 0.6 is 0 Å². The van der Waals surface area contributed by atoms with E-state index in [1.807, 2.05) is 0 Å². The summed E-state index contributed by atoms with van der Waals surface area (Å²) in [5.74, 6) is -6.91. The number of carboxylic acids is 2. The largest absolute Gasteiger partial charge is 0.478 e. The van der Waals surface area contributed by atoms with Gasteiger partial charge in [-0.25, -0.2) is 19.2 Å². The summed E-state index contributed by atoms with van der Waals surface area (Å²) in [7, 11) is 0. The first-order valence-corrected chi connectivity index (χ1v) is 11.0. The molecule has 0 radical (unpaired) electrons. The summed E-state index contributed by atoms with van der Waals surface area (Å²) in [5, 5.41) is 19.5. The van der Waals surface area contributed by atoms with E-state index in [-0.39, 0.29) is 32.0 Å². The molecule has 0 atom stereocenters. The van der Waals surface area contributed by atoms with Crippen molar-refractivity contribution in [2.45, 2.75) is 13.8 Å². The molecule has 2 aromatic carbocycles. The molecule has 0 aliphatic rings. The van der Waals surface area contributed by atoms with Crippen LogP contribution in [0.3, 0.4) is 0 Å². The van der Waals surface area contributed by atoms with Crippen LogP contribution in [-0.2, 0) is 18.9 Å². The van der Waals surface area contributed by atoms with Crippen LogP contribution in [0.5, 0.6) is 0 Å². The van der Waals surface area contributed by atoms with Crippen molar-refractivity contribution < 1.29 is 53.1 Å². The van der Waals surface area contributed by atoms with E-state index in [4.69, 9.17) is 18.9 Å². The van der Waals surface area contributed by atoms with Crippen LogP contribution in [0.4, 0.5) is 0 Å². The Morgan fingerprint density at radius 3 is 1.67 bits per heavy atom. The predicted octanol–water partition coefficient (Wildman–Crippen LogP) is 2.70. The summed E-state index contributed by atoms with van der Waals surface area (Å²) in [4.78, 5) is 63.6. The van der Waals surface area contributed by atoms with E-state index in [0.717, 1.165) is 6.07 Å². The lowest BCUT2D eigenvalue weighted by Gasteiger charge is -2.17. The van der Waals surface area contributed by atoms with Gasteiger partial charge in [-0.15, -0.1) is 0 Å². The minimum Gasteiger partial charge on any atom is -0.478 e. The first kappa shape index (κ1) is 28.1. The lowest BCUT2D eigenvalue weighted by molar-refractivity contribution is 0.0292. The number of benzene rings is 2. The van der Waals surface area contributed by atoms with Gasteiger partial charge in [-0.05, 0) is 19.9 Å². The Bertz CT molecular complexity index is 1120. The molecule has 0 saturated heterocycles. The molecule has 0 spiro atoms. The van der Waals surface area contributed by atoms with Crippen LogP contribution in [-0.4, -0.2) is 79.5 Å². The molecular weight excluding hydrogens is 476 g/mol. The van der Waals surface area contributed by atoms with Gasteiger partial charge in [-0.1, -0.05) is 30.3 Å². The first-order valence-electron chi connectivity index (χ1n) is 11.0. The van der Waals surface area contributed by atoms with Gasteiger partial charge >= 0.3 is 23.9 Å². The molecule has 0 aromatic heterocycles. The fourth-order valence-corrected chi connectivity index (χ4v) is 3.23. The van der Waals surface area contributed by atoms with E-state index in [0.29, 0.717) is 13.2 Å². The molecule has 2 rings (SSSR count). The van der Waals surface area contributed by atoms with Crippen molar-refractivity contribution in [3.63, 3.8) is 0 Å². The number of esters is 2. The standard InChI is InChI=1S/C25H26O11/c1-3-33-10-12-35-24(31)19-16(21(26)15-8-6-5-7-9-15)14-17(22(27)28)18(23(29)30)20(19)25(32)36-13-11-34-4-2/h5-9,14H,3-4,10-13H2,1-2H3,(H,27,28)(H,29,30). The molecule has 192 valence electrons. The number of ketones is 1. The quantitative estimate of drug-likeness (QED) is 0.222. The zero-order chi connectivity index (χ0) is 26.7. The molecule has 0 fully saturated rings. The van der Waals surface area contributed by atoms with Crippen molar-refractivity contribution in [3.05, 3.63) is 69.8 Å². The third kappa shape index (κ3) is 6.96. The number of ether oxygens (including phenoxy) is 4. The number of carboxylic acid groups (broad SMARTS) is 2. The molecule has 0 aliphatic carbocycles. The third-order valence-corrected chi connectivity index (χ3v) is 4.79. The average molecular weight is 502 g/mol. The number of rotatable bonds is 14. The highest BCUT2D eigenvalue weighted by molar-refractivity contribution is 6.22. The van der Waals surface area contributed by atoms with Crippen LogP contribution < -0.4 is 0 Å². The van der Waals surface area contributed by atoms with E-state index in [9.17, 15) is 34.2 Å². The number of aromatic carboxylic acids is 2. The Hall–Kier alpha value is -4.09. The normalized spacial score (nSPS) is 10.5. The zero-order valence-electron chi connectivity index (χ0n) is 19.8. The van der Waals surface area contributed by atoms with E-state index in [1.165, 1.54) is 12.1 Å². The fraction of sp³-hybridized carbons (Fsp3) is 0.320. The van der Waals surface area contributed by atoms with Gasteiger partial charge in [-0.2, -0.15) is 0 Å². The molecule has 36 heavy (non-hydrogen) atoms. The summed E-state index contributed by atoms with van der Waals surface area (Å²) in [6, 6.07) is 8.30. The van der Waals surface area contributed by atoms with Crippen molar-refractivity contribution in [2.24, 2.45) is 0 Å². The average Bonchev–Trinajstić information content (AvgIpc) is 2.87. The monoisotopic (exact) mass is 502 g/mol. The van der Waals surface area contributed by atoms with Gasteiger partial charge in [0.25, 0.3) is 0 Å². The second-order valence-corrected chi connectivity index (χ2v) is 7.07. The maximum absolute atomic E-state index is 13.3. The van der Waals surface area contributed by atoms with Crippen LogP contribution in [0.15, 0.2) is 36.4 Å². The summed E-state index contributed by atoms with van der Waals surface area (Å²) in [6.45, 7) is 3.46. The van der Waals surface area contributed by atoms with E-state index >= 15 is 0 Å². The van der Waals surface area contributed by atoms with E-state index < -0.39 is 57.5 Å². The Kier molecular flexibility index (Phi) is 10.7. The maximum atomic E-state index is 13.3. The number of hydrogen-bond donors (Lipinski definition) is 2. The third-order valence-electron chi connectivity index (χ3n) is 4.79. The van der Waals surface area contributed by atoms with Crippen LogP contribution in [0.2, 0.25) is 0 Å². The fourth-order valence-electron chi connectivity index (χ4n) is 3.23. The molecule has 0 heterocycles. The SMILES string of the molecule is CCOCCOC(=O)c1c(C(=O)c2ccccc2)cc(C(=O)O)c(C(=O)O)c1C(=O)OCCOCC. The number of carbonyl (C=O) groups excluding carboxylic acids is 3. The number of carbonyl (C=O) groups is 5. The summed E-state index contributed by atoms with van der Waals surface area (Å²) in [5.41, 5.74) is -3.96. The first-order chi connectivity index (χ1) is 17.2. The molecule has 2 N–H and O–H groups in total. The maximum Gasteiger partial charge on any atom is 0.340 e. The van der Waals surface area contributed by atoms with Gasteiger partial charge in [0.1, 0.15) is 13.2 Å². The van der Waals surface area contributed by atoms with Gasteiger partial charge in [0.05, 0.1) is 35.5 Å². The smallest absolute Gasteiger partial charge is 0.340 e. The highest BCUT2D eigenvalue weighted by Crippen LogP contribution is 2.28. The lowest BCUT2D eigenvalue weighted by atomic mass is 9.87. The van der Waals surface area contributed by atoms with Crippen molar-refractivity contribution in [1.29, 1.82) is 0 Å². The minimum absolute atomic E-state index is 0.00264. The molecule has 0 unspecified atom stereocenters. The van der Waals surface area contributed by atoms with E-state index in [2.05, 4.69) is 0 Å². The van der Waals surface area contributed by atoms with Crippen LogP contribution in [0.25, 0.3) is 0 Å². The molecular formula is C25H26O11. The van der Waals surface area contributed by atoms with Crippen molar-refractivity contribution >= 4 is 29.7 Å². The van der Waals surface area contributed by atoms with Crippen LogP contribution in [0.1, 0.15) is 71.2 Å². The van der Waals surface area contributed by atoms with Crippen molar-refractivity contribution in [3.8, 4) is 0 Å². The van der Waals surface area contributed by atoms with Gasteiger partial charge in [0, 0.05) is 24.3 Å². The molecule has 11 nitrogen and oxygen atoms in total.